The number of aryl methyl sites for hydroxylation is 2. The quantitative estimate of drug-likeness (QED) is 0.884. The van der Waals surface area contributed by atoms with E-state index in [1.165, 1.54) is 44.2 Å². The molecule has 1 fully saturated rings. The Labute approximate surface area is 100 Å². The second-order valence-electron chi connectivity index (χ2n) is 4.63. The van der Waals surface area contributed by atoms with Crippen LogP contribution in [0.15, 0.2) is 4.60 Å². The molecule has 2 rings (SSSR count). The minimum absolute atomic E-state index is 0.953. The van der Waals surface area contributed by atoms with Crippen molar-refractivity contribution in [3.8, 4) is 0 Å². The van der Waals surface area contributed by atoms with Crippen LogP contribution in [0.5, 0.6) is 0 Å². The van der Waals surface area contributed by atoms with Crippen molar-refractivity contribution in [2.75, 3.05) is 0 Å². The highest BCUT2D eigenvalue weighted by molar-refractivity contribution is 9.10. The van der Waals surface area contributed by atoms with Gasteiger partial charge in [-0.2, -0.15) is 0 Å². The van der Waals surface area contributed by atoms with Crippen LogP contribution in [0, 0.1) is 12.8 Å². The van der Waals surface area contributed by atoms with E-state index in [9.17, 15) is 0 Å². The summed E-state index contributed by atoms with van der Waals surface area (Å²) in [6.45, 7) is 2.01. The lowest BCUT2D eigenvalue weighted by Gasteiger charge is -2.20. The molecular formula is C12H19BrN2. The molecule has 0 unspecified atom stereocenters. The zero-order chi connectivity index (χ0) is 10.7. The largest absolute Gasteiger partial charge is 0.345 e. The highest BCUT2D eigenvalue weighted by Crippen LogP contribution is 2.28. The van der Waals surface area contributed by atoms with Crippen molar-refractivity contribution in [1.82, 2.24) is 9.97 Å². The van der Waals surface area contributed by atoms with Gasteiger partial charge >= 0.3 is 0 Å². The van der Waals surface area contributed by atoms with Crippen LogP contribution >= 0.6 is 15.9 Å². The predicted molar refractivity (Wildman–Crippen MR) is 65.9 cm³/mol. The topological polar surface area (TPSA) is 28.7 Å². The van der Waals surface area contributed by atoms with Gasteiger partial charge in [0.1, 0.15) is 10.4 Å². The predicted octanol–water partition coefficient (Wildman–Crippen LogP) is 3.99. The molecule has 0 aromatic carbocycles. The lowest BCUT2D eigenvalue weighted by atomic mass is 9.86. The molecule has 0 aliphatic heterocycles. The van der Waals surface area contributed by atoms with Gasteiger partial charge in [0.05, 0.1) is 0 Å². The highest BCUT2D eigenvalue weighted by Gasteiger charge is 2.14. The molecule has 1 aromatic heterocycles. The Morgan fingerprint density at radius 2 is 2.07 bits per heavy atom. The average Bonchev–Trinajstić information content (AvgIpc) is 2.56. The van der Waals surface area contributed by atoms with Gasteiger partial charge in [-0.15, -0.1) is 0 Å². The van der Waals surface area contributed by atoms with Crippen LogP contribution in [0.2, 0.25) is 0 Å². The van der Waals surface area contributed by atoms with Crippen LogP contribution in [0.4, 0.5) is 0 Å². The number of hydrogen-bond donors (Lipinski definition) is 1. The van der Waals surface area contributed by atoms with Crippen molar-refractivity contribution in [2.24, 2.45) is 5.92 Å². The maximum absolute atomic E-state index is 4.34. The number of imidazole rings is 1. The van der Waals surface area contributed by atoms with Crippen LogP contribution in [0.1, 0.15) is 50.0 Å². The van der Waals surface area contributed by atoms with Crippen molar-refractivity contribution in [1.29, 1.82) is 0 Å². The molecule has 0 saturated heterocycles. The van der Waals surface area contributed by atoms with Gasteiger partial charge in [0.2, 0.25) is 0 Å². The van der Waals surface area contributed by atoms with E-state index in [1.54, 1.807) is 0 Å². The summed E-state index contributed by atoms with van der Waals surface area (Å²) in [5, 5.41) is 0. The zero-order valence-corrected chi connectivity index (χ0v) is 10.9. The Bertz CT molecular complexity index is 313. The van der Waals surface area contributed by atoms with E-state index < -0.39 is 0 Å². The second-order valence-corrected chi connectivity index (χ2v) is 5.39. The van der Waals surface area contributed by atoms with Crippen LogP contribution in [-0.4, -0.2) is 9.97 Å². The molecule has 15 heavy (non-hydrogen) atoms. The summed E-state index contributed by atoms with van der Waals surface area (Å²) >= 11 is 3.50. The molecule has 1 aliphatic carbocycles. The van der Waals surface area contributed by atoms with Gasteiger partial charge in [-0.3, -0.25) is 0 Å². The fourth-order valence-corrected chi connectivity index (χ4v) is 3.07. The van der Waals surface area contributed by atoms with E-state index in [0.29, 0.717) is 0 Å². The molecular weight excluding hydrogens is 252 g/mol. The van der Waals surface area contributed by atoms with Crippen LogP contribution in [0.3, 0.4) is 0 Å². The van der Waals surface area contributed by atoms with Gasteiger partial charge in [0, 0.05) is 5.69 Å². The van der Waals surface area contributed by atoms with Crippen LogP contribution < -0.4 is 0 Å². The molecule has 0 spiro atoms. The molecule has 0 radical (unpaired) electrons. The lowest BCUT2D eigenvalue weighted by molar-refractivity contribution is 0.338. The first-order valence-corrected chi connectivity index (χ1v) is 6.76. The number of aromatic nitrogens is 2. The SMILES string of the molecule is Cc1nc(Br)c(CCC2CCCCC2)[nH]1. The van der Waals surface area contributed by atoms with Crippen molar-refractivity contribution in [3.63, 3.8) is 0 Å². The molecule has 1 saturated carbocycles. The average molecular weight is 271 g/mol. The molecule has 0 atom stereocenters. The lowest BCUT2D eigenvalue weighted by Crippen LogP contribution is -2.07. The van der Waals surface area contributed by atoms with Crippen LogP contribution in [0.25, 0.3) is 0 Å². The Kier molecular flexibility index (Phi) is 3.84. The maximum atomic E-state index is 4.34. The molecule has 1 aromatic rings. The Hall–Kier alpha value is -0.310. The Morgan fingerprint density at radius 3 is 2.67 bits per heavy atom. The summed E-state index contributed by atoms with van der Waals surface area (Å²) in [6, 6.07) is 0. The second kappa shape index (κ2) is 5.15. The van der Waals surface area contributed by atoms with Crippen molar-refractivity contribution >= 4 is 15.9 Å². The molecule has 1 N–H and O–H groups in total. The van der Waals surface area contributed by atoms with Crippen molar-refractivity contribution in [2.45, 2.75) is 51.9 Å². The molecule has 0 amide bonds. The summed E-state index contributed by atoms with van der Waals surface area (Å²) in [5.41, 5.74) is 1.28. The number of nitrogens with zero attached hydrogens (tertiary/aromatic N) is 1. The molecule has 84 valence electrons. The van der Waals surface area contributed by atoms with Gasteiger partial charge in [-0.05, 0) is 41.6 Å². The fraction of sp³-hybridized carbons (Fsp3) is 0.750. The van der Waals surface area contributed by atoms with Gasteiger partial charge < -0.3 is 4.98 Å². The number of hydrogen-bond acceptors (Lipinski definition) is 1. The van der Waals surface area contributed by atoms with Gasteiger partial charge in [-0.1, -0.05) is 32.1 Å². The molecule has 3 heteroatoms. The minimum Gasteiger partial charge on any atom is -0.345 e. The first-order valence-electron chi connectivity index (χ1n) is 5.96. The highest BCUT2D eigenvalue weighted by atomic mass is 79.9. The van der Waals surface area contributed by atoms with E-state index in [-0.39, 0.29) is 0 Å². The summed E-state index contributed by atoms with van der Waals surface area (Å²) in [7, 11) is 0. The van der Waals surface area contributed by atoms with Gasteiger partial charge in [-0.25, -0.2) is 4.98 Å². The third kappa shape index (κ3) is 3.07. The first-order chi connectivity index (χ1) is 7.25. The summed E-state index contributed by atoms with van der Waals surface area (Å²) in [6.07, 6.45) is 9.66. The molecule has 1 aliphatic rings. The summed E-state index contributed by atoms with van der Waals surface area (Å²) in [5.74, 6) is 1.97. The number of aromatic amines is 1. The minimum atomic E-state index is 0.953. The van der Waals surface area contributed by atoms with E-state index in [2.05, 4.69) is 25.9 Å². The maximum Gasteiger partial charge on any atom is 0.127 e. The summed E-state index contributed by atoms with van der Waals surface area (Å²) < 4.78 is 1.01. The van der Waals surface area contributed by atoms with E-state index in [1.807, 2.05) is 6.92 Å². The Morgan fingerprint density at radius 1 is 1.33 bits per heavy atom. The molecule has 1 heterocycles. The number of rotatable bonds is 3. The third-order valence-corrected chi connectivity index (χ3v) is 4.03. The number of H-pyrrole nitrogens is 1. The number of halogens is 1. The monoisotopic (exact) mass is 270 g/mol. The smallest absolute Gasteiger partial charge is 0.127 e. The molecule has 0 bridgehead atoms. The molecule has 2 nitrogen and oxygen atoms in total. The van der Waals surface area contributed by atoms with E-state index >= 15 is 0 Å². The van der Waals surface area contributed by atoms with E-state index in [4.69, 9.17) is 0 Å². The van der Waals surface area contributed by atoms with Crippen LogP contribution in [-0.2, 0) is 6.42 Å². The first kappa shape index (κ1) is 11.2. The van der Waals surface area contributed by atoms with Gasteiger partial charge in [0.25, 0.3) is 0 Å². The van der Waals surface area contributed by atoms with Crippen molar-refractivity contribution < 1.29 is 0 Å². The zero-order valence-electron chi connectivity index (χ0n) is 9.35. The van der Waals surface area contributed by atoms with E-state index in [0.717, 1.165) is 22.8 Å². The fourth-order valence-electron chi connectivity index (χ4n) is 2.50. The van der Waals surface area contributed by atoms with Gasteiger partial charge in [0.15, 0.2) is 0 Å². The Balaban J connectivity index is 1.84. The normalized spacial score (nSPS) is 18.3. The standard InChI is InChI=1S/C12H19BrN2/c1-9-14-11(12(13)15-9)8-7-10-5-3-2-4-6-10/h10H,2-8H2,1H3,(H,14,15). The van der Waals surface area contributed by atoms with Crippen molar-refractivity contribution in [3.05, 3.63) is 16.1 Å². The number of nitrogens with one attached hydrogen (secondary N) is 1. The summed E-state index contributed by atoms with van der Waals surface area (Å²) in [4.78, 5) is 7.66. The third-order valence-electron chi connectivity index (χ3n) is 3.37.